The number of pyridine rings is 1. The van der Waals surface area contributed by atoms with E-state index in [1.807, 2.05) is 18.3 Å². The normalized spacial score (nSPS) is 14.9. The topological polar surface area (TPSA) is 42.1 Å². The minimum Gasteiger partial charge on any atom is -0.329 e. The van der Waals surface area contributed by atoms with Crippen molar-refractivity contribution in [3.63, 3.8) is 0 Å². The summed E-state index contributed by atoms with van der Waals surface area (Å²) in [6.45, 7) is 9.23. The van der Waals surface area contributed by atoms with Gasteiger partial charge in [-0.1, -0.05) is 26.3 Å². The fraction of sp³-hybridized carbons (Fsp3) is 0.643. The number of hydrogen-bond donors (Lipinski definition) is 1. The quantitative estimate of drug-likeness (QED) is 0.789. The Balaban J connectivity index is 2.76. The summed E-state index contributed by atoms with van der Waals surface area (Å²) in [4.78, 5) is 6.82. The van der Waals surface area contributed by atoms with Crippen molar-refractivity contribution in [2.75, 3.05) is 13.1 Å². The third-order valence-corrected chi connectivity index (χ3v) is 3.45. The third kappa shape index (κ3) is 3.79. The van der Waals surface area contributed by atoms with E-state index in [0.717, 1.165) is 31.6 Å². The van der Waals surface area contributed by atoms with Crippen molar-refractivity contribution in [3.8, 4) is 0 Å². The molecule has 0 radical (unpaired) electrons. The standard InChI is InChI=1S/C14H25N3/c1-4-9-14(3,12-15)17(5-2)11-13-8-6-7-10-16-13/h6-8,10H,4-5,9,11-12,15H2,1-3H3. The molecule has 17 heavy (non-hydrogen) atoms. The van der Waals surface area contributed by atoms with Crippen molar-refractivity contribution in [3.05, 3.63) is 30.1 Å². The maximum Gasteiger partial charge on any atom is 0.0544 e. The van der Waals surface area contributed by atoms with Crippen molar-refractivity contribution < 1.29 is 0 Å². The molecule has 0 aromatic carbocycles. The molecule has 1 heterocycles. The van der Waals surface area contributed by atoms with Crippen LogP contribution in [0, 0.1) is 0 Å². The van der Waals surface area contributed by atoms with Gasteiger partial charge in [-0.15, -0.1) is 0 Å². The second kappa shape index (κ2) is 6.72. The first-order valence-corrected chi connectivity index (χ1v) is 6.51. The maximum atomic E-state index is 5.96. The molecule has 96 valence electrons. The molecule has 1 aromatic heterocycles. The molecule has 2 N–H and O–H groups in total. The lowest BCUT2D eigenvalue weighted by atomic mass is 9.93. The summed E-state index contributed by atoms with van der Waals surface area (Å²) in [5, 5.41) is 0. The molecule has 0 spiro atoms. The first kappa shape index (κ1) is 14.1. The van der Waals surface area contributed by atoms with E-state index in [4.69, 9.17) is 5.73 Å². The van der Waals surface area contributed by atoms with Crippen molar-refractivity contribution >= 4 is 0 Å². The molecule has 1 aromatic rings. The Morgan fingerprint density at radius 2 is 2.12 bits per heavy atom. The fourth-order valence-corrected chi connectivity index (χ4v) is 2.30. The Bertz CT molecular complexity index is 313. The Morgan fingerprint density at radius 3 is 2.59 bits per heavy atom. The van der Waals surface area contributed by atoms with E-state index in [1.54, 1.807) is 0 Å². The van der Waals surface area contributed by atoms with E-state index in [9.17, 15) is 0 Å². The van der Waals surface area contributed by atoms with Crippen molar-refractivity contribution in [1.82, 2.24) is 9.88 Å². The highest BCUT2D eigenvalue weighted by Gasteiger charge is 2.28. The van der Waals surface area contributed by atoms with Crippen LogP contribution in [0.15, 0.2) is 24.4 Å². The number of rotatable bonds is 7. The van der Waals surface area contributed by atoms with Gasteiger partial charge >= 0.3 is 0 Å². The summed E-state index contributed by atoms with van der Waals surface area (Å²) in [7, 11) is 0. The summed E-state index contributed by atoms with van der Waals surface area (Å²) in [5.41, 5.74) is 7.16. The molecule has 0 aliphatic heterocycles. The average molecular weight is 235 g/mol. The fourth-order valence-electron chi connectivity index (χ4n) is 2.30. The highest BCUT2D eigenvalue weighted by atomic mass is 15.2. The number of hydrogen-bond acceptors (Lipinski definition) is 3. The van der Waals surface area contributed by atoms with Gasteiger partial charge < -0.3 is 5.73 Å². The van der Waals surface area contributed by atoms with E-state index in [1.165, 1.54) is 0 Å². The van der Waals surface area contributed by atoms with Gasteiger partial charge in [-0.25, -0.2) is 0 Å². The van der Waals surface area contributed by atoms with E-state index < -0.39 is 0 Å². The average Bonchev–Trinajstić information content (AvgIpc) is 2.37. The van der Waals surface area contributed by atoms with Gasteiger partial charge in [-0.3, -0.25) is 9.88 Å². The van der Waals surface area contributed by atoms with Crippen LogP contribution in [-0.4, -0.2) is 28.5 Å². The maximum absolute atomic E-state index is 5.96. The van der Waals surface area contributed by atoms with Gasteiger partial charge in [0, 0.05) is 24.8 Å². The smallest absolute Gasteiger partial charge is 0.0544 e. The largest absolute Gasteiger partial charge is 0.329 e. The van der Waals surface area contributed by atoms with Crippen LogP contribution in [0.25, 0.3) is 0 Å². The van der Waals surface area contributed by atoms with Crippen LogP contribution in [-0.2, 0) is 6.54 Å². The van der Waals surface area contributed by atoms with Gasteiger partial charge in [0.25, 0.3) is 0 Å². The molecule has 0 bridgehead atoms. The van der Waals surface area contributed by atoms with Crippen LogP contribution >= 0.6 is 0 Å². The molecule has 0 saturated carbocycles. The van der Waals surface area contributed by atoms with Crippen LogP contribution < -0.4 is 5.73 Å². The Hall–Kier alpha value is -0.930. The third-order valence-electron chi connectivity index (χ3n) is 3.45. The van der Waals surface area contributed by atoms with Crippen molar-refractivity contribution in [2.45, 2.75) is 45.7 Å². The minimum absolute atomic E-state index is 0.0843. The predicted octanol–water partition coefficient (Wildman–Crippen LogP) is 2.42. The lowest BCUT2D eigenvalue weighted by molar-refractivity contribution is 0.0971. The zero-order chi connectivity index (χ0) is 12.7. The molecule has 0 aliphatic rings. The first-order valence-electron chi connectivity index (χ1n) is 6.51. The molecule has 1 unspecified atom stereocenters. The Kier molecular flexibility index (Phi) is 5.59. The highest BCUT2D eigenvalue weighted by Crippen LogP contribution is 2.21. The number of aromatic nitrogens is 1. The van der Waals surface area contributed by atoms with Gasteiger partial charge in [0.2, 0.25) is 0 Å². The van der Waals surface area contributed by atoms with Crippen LogP contribution in [0.4, 0.5) is 0 Å². The number of likely N-dealkylation sites (N-methyl/N-ethyl adjacent to an activating group) is 1. The van der Waals surface area contributed by atoms with Gasteiger partial charge in [-0.2, -0.15) is 0 Å². The van der Waals surface area contributed by atoms with Crippen LogP contribution in [0.3, 0.4) is 0 Å². The van der Waals surface area contributed by atoms with E-state index >= 15 is 0 Å². The molecule has 0 fully saturated rings. The molecule has 3 heteroatoms. The summed E-state index contributed by atoms with van der Waals surface area (Å²) in [6.07, 6.45) is 4.14. The Morgan fingerprint density at radius 1 is 1.35 bits per heavy atom. The van der Waals surface area contributed by atoms with E-state index in [0.29, 0.717) is 6.54 Å². The minimum atomic E-state index is 0.0843. The molecule has 0 amide bonds. The van der Waals surface area contributed by atoms with E-state index in [2.05, 4.69) is 36.7 Å². The monoisotopic (exact) mass is 235 g/mol. The molecular formula is C14H25N3. The molecule has 1 atom stereocenters. The van der Waals surface area contributed by atoms with Gasteiger partial charge in [0.15, 0.2) is 0 Å². The summed E-state index contributed by atoms with van der Waals surface area (Å²) < 4.78 is 0. The van der Waals surface area contributed by atoms with Crippen LogP contribution in [0.5, 0.6) is 0 Å². The molecule has 0 aliphatic carbocycles. The number of nitrogens with two attached hydrogens (primary N) is 1. The lowest BCUT2D eigenvalue weighted by Gasteiger charge is -2.40. The van der Waals surface area contributed by atoms with Crippen molar-refractivity contribution in [1.29, 1.82) is 0 Å². The highest BCUT2D eigenvalue weighted by molar-refractivity contribution is 5.04. The first-order chi connectivity index (χ1) is 8.16. The summed E-state index contributed by atoms with van der Waals surface area (Å²) in [6, 6.07) is 6.06. The molecular weight excluding hydrogens is 210 g/mol. The van der Waals surface area contributed by atoms with Crippen LogP contribution in [0.2, 0.25) is 0 Å². The second-order valence-electron chi connectivity index (χ2n) is 4.79. The lowest BCUT2D eigenvalue weighted by Crippen LogP contribution is -2.51. The van der Waals surface area contributed by atoms with Crippen molar-refractivity contribution in [2.24, 2.45) is 5.73 Å². The van der Waals surface area contributed by atoms with Gasteiger partial charge in [0.1, 0.15) is 0 Å². The van der Waals surface area contributed by atoms with Crippen LogP contribution in [0.1, 0.15) is 39.3 Å². The summed E-state index contributed by atoms with van der Waals surface area (Å²) in [5.74, 6) is 0. The van der Waals surface area contributed by atoms with E-state index in [-0.39, 0.29) is 5.54 Å². The zero-order valence-corrected chi connectivity index (χ0v) is 11.3. The zero-order valence-electron chi connectivity index (χ0n) is 11.3. The Labute approximate surface area is 105 Å². The SMILES string of the molecule is CCCC(C)(CN)N(CC)Cc1ccccn1. The van der Waals surface area contributed by atoms with Gasteiger partial charge in [0.05, 0.1) is 5.69 Å². The predicted molar refractivity (Wildman–Crippen MR) is 72.7 cm³/mol. The molecule has 0 saturated heterocycles. The molecule has 3 nitrogen and oxygen atoms in total. The number of nitrogens with zero attached hydrogens (tertiary/aromatic N) is 2. The van der Waals surface area contributed by atoms with Gasteiger partial charge in [-0.05, 0) is 32.0 Å². The second-order valence-corrected chi connectivity index (χ2v) is 4.79. The summed E-state index contributed by atoms with van der Waals surface area (Å²) >= 11 is 0. The molecule has 1 rings (SSSR count).